The van der Waals surface area contributed by atoms with Gasteiger partial charge in [0.2, 0.25) is 0 Å². The number of nitrogens with one attached hydrogen (secondary N) is 1. The minimum Gasteiger partial charge on any atom is -0.451 e. The van der Waals surface area contributed by atoms with E-state index in [9.17, 15) is 9.59 Å². The molecule has 2 aromatic carbocycles. The first-order chi connectivity index (χ1) is 14.1. The molecule has 1 heterocycles. The highest BCUT2D eigenvalue weighted by molar-refractivity contribution is 7.12. The van der Waals surface area contributed by atoms with Crippen LogP contribution in [0, 0.1) is 6.92 Å². The van der Waals surface area contributed by atoms with Crippen molar-refractivity contribution in [3.8, 4) is 11.1 Å². The molecular weight excluding hydrogens is 382 g/mol. The molecule has 0 spiro atoms. The Bertz CT molecular complexity index is 1020. The second kappa shape index (κ2) is 8.62. The van der Waals surface area contributed by atoms with E-state index in [0.717, 1.165) is 36.0 Å². The van der Waals surface area contributed by atoms with Crippen LogP contribution in [0.15, 0.2) is 60.0 Å². The van der Waals surface area contributed by atoms with Crippen LogP contribution in [-0.2, 0) is 16.0 Å². The molecule has 1 amide bonds. The molecule has 1 aromatic heterocycles. The van der Waals surface area contributed by atoms with Crippen LogP contribution in [0.3, 0.4) is 0 Å². The van der Waals surface area contributed by atoms with Crippen molar-refractivity contribution >= 4 is 23.2 Å². The van der Waals surface area contributed by atoms with E-state index in [0.29, 0.717) is 4.88 Å². The van der Waals surface area contributed by atoms with Crippen LogP contribution in [-0.4, -0.2) is 18.5 Å². The van der Waals surface area contributed by atoms with Crippen molar-refractivity contribution in [2.24, 2.45) is 0 Å². The van der Waals surface area contributed by atoms with Gasteiger partial charge in [0.1, 0.15) is 4.88 Å². The summed E-state index contributed by atoms with van der Waals surface area (Å²) in [6.07, 6.45) is 2.98. The molecule has 0 bridgehead atoms. The maximum Gasteiger partial charge on any atom is 0.349 e. The van der Waals surface area contributed by atoms with E-state index in [1.165, 1.54) is 22.5 Å². The van der Waals surface area contributed by atoms with Gasteiger partial charge in [-0.2, -0.15) is 0 Å². The fourth-order valence-electron chi connectivity index (χ4n) is 3.76. The second-order valence-electron chi connectivity index (χ2n) is 7.32. The fourth-order valence-corrected chi connectivity index (χ4v) is 4.57. The molecule has 1 atom stereocenters. The minimum absolute atomic E-state index is 0.0176. The molecule has 5 heteroatoms. The lowest BCUT2D eigenvalue weighted by Crippen LogP contribution is -2.34. The Morgan fingerprint density at radius 2 is 1.90 bits per heavy atom. The Labute approximate surface area is 174 Å². The number of hydrogen-bond acceptors (Lipinski definition) is 4. The maximum absolute atomic E-state index is 12.6. The fraction of sp³-hybridized carbons (Fsp3) is 0.250. The number of rotatable bonds is 5. The number of thiophene rings is 1. The summed E-state index contributed by atoms with van der Waals surface area (Å²) in [5.74, 6) is -0.733. The molecule has 0 fully saturated rings. The molecule has 0 aliphatic heterocycles. The number of aryl methyl sites for hydroxylation is 2. The lowest BCUT2D eigenvalue weighted by Gasteiger charge is -2.26. The van der Waals surface area contributed by atoms with Crippen molar-refractivity contribution in [2.45, 2.75) is 32.2 Å². The Morgan fingerprint density at radius 3 is 2.72 bits per heavy atom. The number of ether oxygens (including phenoxy) is 1. The topological polar surface area (TPSA) is 55.4 Å². The number of carbonyl (C=O) groups excluding carboxylic acids is 2. The van der Waals surface area contributed by atoms with Gasteiger partial charge in [0.05, 0.1) is 6.04 Å². The summed E-state index contributed by atoms with van der Waals surface area (Å²) < 4.78 is 5.32. The van der Waals surface area contributed by atoms with Crippen molar-refractivity contribution < 1.29 is 14.3 Å². The van der Waals surface area contributed by atoms with Gasteiger partial charge < -0.3 is 10.1 Å². The van der Waals surface area contributed by atoms with Gasteiger partial charge in [-0.3, -0.25) is 4.79 Å². The zero-order chi connectivity index (χ0) is 20.2. The average Bonchev–Trinajstić information content (AvgIpc) is 3.23. The van der Waals surface area contributed by atoms with E-state index in [1.807, 2.05) is 54.8 Å². The number of esters is 1. The zero-order valence-corrected chi connectivity index (χ0v) is 17.1. The molecule has 29 heavy (non-hydrogen) atoms. The van der Waals surface area contributed by atoms with Gasteiger partial charge in [0.15, 0.2) is 6.61 Å². The van der Waals surface area contributed by atoms with E-state index < -0.39 is 5.97 Å². The second-order valence-corrected chi connectivity index (χ2v) is 8.23. The van der Waals surface area contributed by atoms with Crippen LogP contribution in [0.4, 0.5) is 0 Å². The Kier molecular flexibility index (Phi) is 5.76. The van der Waals surface area contributed by atoms with Crippen LogP contribution < -0.4 is 5.32 Å². The Morgan fingerprint density at radius 1 is 1.10 bits per heavy atom. The molecular formula is C24H23NO3S. The van der Waals surface area contributed by atoms with E-state index in [1.54, 1.807) is 0 Å². The van der Waals surface area contributed by atoms with E-state index in [4.69, 9.17) is 4.74 Å². The monoisotopic (exact) mass is 405 g/mol. The van der Waals surface area contributed by atoms with Crippen LogP contribution >= 0.6 is 11.3 Å². The Hall–Kier alpha value is -2.92. The first-order valence-corrected chi connectivity index (χ1v) is 10.7. The number of benzene rings is 2. The predicted octanol–water partition coefficient (Wildman–Crippen LogP) is 5.07. The van der Waals surface area contributed by atoms with Crippen LogP contribution in [0.25, 0.3) is 11.1 Å². The minimum atomic E-state index is -0.463. The summed E-state index contributed by atoms with van der Waals surface area (Å²) in [6, 6.07) is 18.1. The summed E-state index contributed by atoms with van der Waals surface area (Å²) in [7, 11) is 0. The molecule has 0 unspecified atom stereocenters. The molecule has 3 aromatic rings. The van der Waals surface area contributed by atoms with E-state index in [-0.39, 0.29) is 18.6 Å². The van der Waals surface area contributed by atoms with Gasteiger partial charge in [-0.25, -0.2) is 4.79 Å². The third kappa shape index (κ3) is 4.40. The summed E-state index contributed by atoms with van der Waals surface area (Å²) in [4.78, 5) is 25.5. The van der Waals surface area contributed by atoms with Crippen molar-refractivity contribution in [3.63, 3.8) is 0 Å². The molecule has 0 saturated carbocycles. The van der Waals surface area contributed by atoms with E-state index in [2.05, 4.69) is 17.4 Å². The molecule has 4 nitrogen and oxygen atoms in total. The molecule has 148 valence electrons. The van der Waals surface area contributed by atoms with Gasteiger partial charge in [0.25, 0.3) is 5.91 Å². The summed E-state index contributed by atoms with van der Waals surface area (Å²) in [5, 5.41) is 4.88. The van der Waals surface area contributed by atoms with Crippen LogP contribution in [0.5, 0.6) is 0 Å². The average molecular weight is 406 g/mol. The standard InChI is InChI=1S/C24H23NO3S/c1-16-9-11-18(12-10-16)20-13-14-29-23(20)24(27)28-15-22(26)25-21-8-4-6-17-5-2-3-7-19(17)21/h2-3,5,7,9-14,21H,4,6,8,15H2,1H3,(H,25,26)/t21-/m1/s1. The SMILES string of the molecule is Cc1ccc(-c2ccsc2C(=O)OCC(=O)N[C@@H]2CCCc3ccccc32)cc1. The molecule has 1 N–H and O–H groups in total. The van der Waals surface area contributed by atoms with Gasteiger partial charge >= 0.3 is 5.97 Å². The third-order valence-electron chi connectivity index (χ3n) is 5.25. The van der Waals surface area contributed by atoms with Gasteiger partial charge in [-0.05, 0) is 54.3 Å². The first-order valence-electron chi connectivity index (χ1n) is 9.80. The van der Waals surface area contributed by atoms with Crippen molar-refractivity contribution in [3.05, 3.63) is 81.5 Å². The first kappa shape index (κ1) is 19.4. The molecule has 1 aliphatic rings. The normalized spacial score (nSPS) is 15.4. The quantitative estimate of drug-likeness (QED) is 0.603. The predicted molar refractivity (Wildman–Crippen MR) is 115 cm³/mol. The zero-order valence-electron chi connectivity index (χ0n) is 16.3. The smallest absolute Gasteiger partial charge is 0.349 e. The Balaban J connectivity index is 1.38. The highest BCUT2D eigenvalue weighted by atomic mass is 32.1. The maximum atomic E-state index is 12.6. The number of amides is 1. The number of hydrogen-bond donors (Lipinski definition) is 1. The van der Waals surface area contributed by atoms with Crippen LogP contribution in [0.1, 0.15) is 45.2 Å². The lowest BCUT2D eigenvalue weighted by atomic mass is 9.88. The van der Waals surface area contributed by atoms with Crippen molar-refractivity contribution in [1.29, 1.82) is 0 Å². The molecule has 0 saturated heterocycles. The molecule has 4 rings (SSSR count). The van der Waals surface area contributed by atoms with Crippen molar-refractivity contribution in [1.82, 2.24) is 5.32 Å². The summed E-state index contributed by atoms with van der Waals surface area (Å²) >= 11 is 1.33. The van der Waals surface area contributed by atoms with Gasteiger partial charge in [-0.1, -0.05) is 54.1 Å². The number of fused-ring (bicyclic) bond motifs is 1. The van der Waals surface area contributed by atoms with Crippen LogP contribution in [0.2, 0.25) is 0 Å². The van der Waals surface area contributed by atoms with Crippen molar-refractivity contribution in [2.75, 3.05) is 6.61 Å². The summed E-state index contributed by atoms with van der Waals surface area (Å²) in [6.45, 7) is 1.75. The highest BCUT2D eigenvalue weighted by Crippen LogP contribution is 2.30. The molecule has 0 radical (unpaired) electrons. The lowest BCUT2D eigenvalue weighted by molar-refractivity contribution is -0.125. The highest BCUT2D eigenvalue weighted by Gasteiger charge is 2.22. The summed E-state index contributed by atoms with van der Waals surface area (Å²) in [5.41, 5.74) is 5.41. The number of carbonyl (C=O) groups is 2. The molecule has 1 aliphatic carbocycles. The van der Waals surface area contributed by atoms with Gasteiger partial charge in [-0.15, -0.1) is 11.3 Å². The third-order valence-corrected chi connectivity index (χ3v) is 6.15. The van der Waals surface area contributed by atoms with E-state index >= 15 is 0 Å². The largest absolute Gasteiger partial charge is 0.451 e. The van der Waals surface area contributed by atoms with Gasteiger partial charge in [0, 0.05) is 5.56 Å².